The zero-order valence-corrected chi connectivity index (χ0v) is 12.6. The van der Waals surface area contributed by atoms with Crippen LogP contribution in [-0.4, -0.2) is 30.7 Å². The van der Waals surface area contributed by atoms with E-state index < -0.39 is 0 Å². The molecule has 0 saturated heterocycles. The van der Waals surface area contributed by atoms with Crippen LogP contribution in [0.15, 0.2) is 0 Å². The van der Waals surface area contributed by atoms with Gasteiger partial charge in [0.15, 0.2) is 0 Å². The van der Waals surface area contributed by atoms with Gasteiger partial charge in [-0.3, -0.25) is 0 Å². The molecule has 17 heavy (non-hydrogen) atoms. The molecule has 3 heteroatoms. The Balaban J connectivity index is 4.14. The number of ether oxygens (including phenoxy) is 1. The van der Waals surface area contributed by atoms with Crippen molar-refractivity contribution >= 4 is 6.09 Å². The van der Waals surface area contributed by atoms with Crippen molar-refractivity contribution < 1.29 is 9.53 Å². The molecule has 0 rings (SSSR count). The fourth-order valence-corrected chi connectivity index (χ4v) is 1.22. The van der Waals surface area contributed by atoms with Crippen molar-refractivity contribution in [3.8, 4) is 0 Å². The molecule has 0 spiro atoms. The van der Waals surface area contributed by atoms with Crippen LogP contribution in [0.3, 0.4) is 0 Å². The summed E-state index contributed by atoms with van der Waals surface area (Å²) in [6, 6.07) is 0. The van der Waals surface area contributed by atoms with E-state index in [1.54, 1.807) is 4.90 Å². The maximum absolute atomic E-state index is 11.8. The monoisotopic (exact) mass is 243 g/mol. The molecule has 3 nitrogen and oxygen atoms in total. The smallest absolute Gasteiger partial charge is 0.409 e. The Hall–Kier alpha value is -0.730. The third-order valence-electron chi connectivity index (χ3n) is 2.40. The molecule has 0 bridgehead atoms. The summed E-state index contributed by atoms with van der Waals surface area (Å²) in [7, 11) is 0. The number of rotatable bonds is 4. The Morgan fingerprint density at radius 2 is 1.59 bits per heavy atom. The van der Waals surface area contributed by atoms with Gasteiger partial charge in [-0.25, -0.2) is 4.79 Å². The Kier molecular flexibility index (Phi) is 6.00. The van der Waals surface area contributed by atoms with Gasteiger partial charge in [-0.1, -0.05) is 41.5 Å². The fourth-order valence-electron chi connectivity index (χ4n) is 1.22. The zero-order valence-electron chi connectivity index (χ0n) is 12.6. The van der Waals surface area contributed by atoms with Gasteiger partial charge in [-0.15, -0.1) is 0 Å². The molecule has 0 unspecified atom stereocenters. The van der Waals surface area contributed by atoms with E-state index in [0.717, 1.165) is 13.0 Å². The summed E-state index contributed by atoms with van der Waals surface area (Å²) in [5.41, 5.74) is 0.275. The predicted octanol–water partition coefficient (Wildman–Crippen LogP) is 3.93. The zero-order chi connectivity index (χ0) is 13.7. The van der Waals surface area contributed by atoms with E-state index in [9.17, 15) is 4.79 Å². The van der Waals surface area contributed by atoms with Gasteiger partial charge in [0, 0.05) is 13.1 Å². The Bertz CT molecular complexity index is 236. The minimum Gasteiger partial charge on any atom is -0.449 e. The van der Waals surface area contributed by atoms with Gasteiger partial charge in [-0.05, 0) is 24.2 Å². The first-order valence-corrected chi connectivity index (χ1v) is 6.47. The largest absolute Gasteiger partial charge is 0.449 e. The summed E-state index contributed by atoms with van der Waals surface area (Å²) in [6.45, 7) is 16.7. The maximum Gasteiger partial charge on any atom is 0.409 e. The predicted molar refractivity (Wildman–Crippen MR) is 72.1 cm³/mol. The maximum atomic E-state index is 11.8. The van der Waals surface area contributed by atoms with Gasteiger partial charge in [-0.2, -0.15) is 0 Å². The fraction of sp³-hybridized carbons (Fsp3) is 0.929. The lowest BCUT2D eigenvalue weighted by Crippen LogP contribution is -2.35. The minimum atomic E-state index is -0.188. The number of hydrogen-bond acceptors (Lipinski definition) is 2. The number of hydrogen-bond donors (Lipinski definition) is 0. The van der Waals surface area contributed by atoms with Gasteiger partial charge in [0.1, 0.15) is 0 Å². The van der Waals surface area contributed by atoms with E-state index in [1.165, 1.54) is 0 Å². The second-order valence-electron chi connectivity index (χ2n) is 7.01. The van der Waals surface area contributed by atoms with E-state index in [1.807, 2.05) is 6.92 Å². The van der Waals surface area contributed by atoms with Gasteiger partial charge in [0.25, 0.3) is 0 Å². The third-order valence-corrected chi connectivity index (χ3v) is 2.40. The molecule has 0 fully saturated rings. The van der Waals surface area contributed by atoms with Crippen molar-refractivity contribution in [1.29, 1.82) is 0 Å². The van der Waals surface area contributed by atoms with Crippen molar-refractivity contribution in [3.05, 3.63) is 0 Å². The molecule has 0 aliphatic carbocycles. The van der Waals surface area contributed by atoms with Gasteiger partial charge in [0.05, 0.1) is 6.61 Å². The normalized spacial score (nSPS) is 12.4. The SMILES string of the molecule is CCN(CCC(C)(C)C)C(=O)OCC(C)(C)C. The van der Waals surface area contributed by atoms with E-state index >= 15 is 0 Å². The quantitative estimate of drug-likeness (QED) is 0.748. The summed E-state index contributed by atoms with van der Waals surface area (Å²) in [5.74, 6) is 0. The van der Waals surface area contributed by atoms with Crippen molar-refractivity contribution in [2.75, 3.05) is 19.7 Å². The van der Waals surface area contributed by atoms with Crippen LogP contribution in [0.1, 0.15) is 54.9 Å². The molecule has 102 valence electrons. The highest BCUT2D eigenvalue weighted by atomic mass is 16.6. The molecule has 0 aromatic heterocycles. The molecule has 0 aliphatic heterocycles. The summed E-state index contributed by atoms with van der Waals surface area (Å²) < 4.78 is 5.31. The minimum absolute atomic E-state index is 0.0269. The standard InChI is InChI=1S/C14H29NO2/c1-8-15(10-9-13(2,3)4)12(16)17-11-14(5,6)7/h8-11H2,1-7H3. The molecule has 1 amide bonds. The van der Waals surface area contributed by atoms with Crippen molar-refractivity contribution in [2.45, 2.75) is 54.9 Å². The van der Waals surface area contributed by atoms with Crippen LogP contribution in [0.2, 0.25) is 0 Å². The molecule has 0 heterocycles. The van der Waals surface area contributed by atoms with Gasteiger partial charge in [0.2, 0.25) is 0 Å². The highest BCUT2D eigenvalue weighted by Crippen LogP contribution is 2.19. The summed E-state index contributed by atoms with van der Waals surface area (Å²) in [6.07, 6.45) is 0.803. The summed E-state index contributed by atoms with van der Waals surface area (Å²) >= 11 is 0. The molecular weight excluding hydrogens is 214 g/mol. The average Bonchev–Trinajstić information content (AvgIpc) is 2.12. The summed E-state index contributed by atoms with van der Waals surface area (Å²) in [5, 5.41) is 0. The number of carbonyl (C=O) groups excluding carboxylic acids is 1. The first kappa shape index (κ1) is 16.3. The Labute approximate surface area is 107 Å². The number of amides is 1. The van der Waals surface area contributed by atoms with Crippen LogP contribution in [0.5, 0.6) is 0 Å². The second-order valence-corrected chi connectivity index (χ2v) is 7.01. The third kappa shape index (κ3) is 9.02. The Morgan fingerprint density at radius 3 is 1.94 bits per heavy atom. The first-order chi connectivity index (χ1) is 7.55. The lowest BCUT2D eigenvalue weighted by Gasteiger charge is -2.27. The van der Waals surface area contributed by atoms with Crippen molar-refractivity contribution in [3.63, 3.8) is 0 Å². The van der Waals surface area contributed by atoms with Gasteiger partial charge < -0.3 is 9.64 Å². The van der Waals surface area contributed by atoms with Crippen LogP contribution < -0.4 is 0 Å². The highest BCUT2D eigenvalue weighted by Gasteiger charge is 2.19. The average molecular weight is 243 g/mol. The molecule has 0 aromatic carbocycles. The first-order valence-electron chi connectivity index (χ1n) is 6.47. The number of carbonyl (C=O) groups is 1. The number of nitrogens with zero attached hydrogens (tertiary/aromatic N) is 1. The van der Waals surface area contributed by atoms with E-state index in [0.29, 0.717) is 13.2 Å². The highest BCUT2D eigenvalue weighted by molar-refractivity contribution is 5.67. The van der Waals surface area contributed by atoms with Crippen LogP contribution in [0.25, 0.3) is 0 Å². The van der Waals surface area contributed by atoms with Crippen LogP contribution in [0.4, 0.5) is 4.79 Å². The van der Waals surface area contributed by atoms with E-state index in [2.05, 4.69) is 41.5 Å². The Morgan fingerprint density at radius 1 is 1.06 bits per heavy atom. The lowest BCUT2D eigenvalue weighted by atomic mass is 9.92. The molecule has 0 N–H and O–H groups in total. The van der Waals surface area contributed by atoms with Crippen LogP contribution in [0, 0.1) is 10.8 Å². The molecule has 0 aromatic rings. The second kappa shape index (κ2) is 6.27. The molecule has 0 radical (unpaired) electrons. The van der Waals surface area contributed by atoms with E-state index in [-0.39, 0.29) is 16.9 Å². The van der Waals surface area contributed by atoms with E-state index in [4.69, 9.17) is 4.74 Å². The molecule has 0 atom stereocenters. The van der Waals surface area contributed by atoms with Crippen LogP contribution >= 0.6 is 0 Å². The lowest BCUT2D eigenvalue weighted by molar-refractivity contribution is 0.0708. The molecular formula is C14H29NO2. The summed E-state index contributed by atoms with van der Waals surface area (Å²) in [4.78, 5) is 13.6. The van der Waals surface area contributed by atoms with Gasteiger partial charge >= 0.3 is 6.09 Å². The topological polar surface area (TPSA) is 29.5 Å². The van der Waals surface area contributed by atoms with Crippen molar-refractivity contribution in [2.24, 2.45) is 10.8 Å². The molecule has 0 aliphatic rings. The van der Waals surface area contributed by atoms with Crippen LogP contribution in [-0.2, 0) is 4.74 Å². The van der Waals surface area contributed by atoms with Crippen molar-refractivity contribution in [1.82, 2.24) is 4.90 Å². The molecule has 0 saturated carbocycles.